The summed E-state index contributed by atoms with van der Waals surface area (Å²) in [6, 6.07) is 4.85. The van der Waals surface area contributed by atoms with Crippen molar-refractivity contribution >= 4 is 10.9 Å². The van der Waals surface area contributed by atoms with Crippen molar-refractivity contribution in [2.45, 2.75) is 18.9 Å². The smallest absolute Gasteiger partial charge is 0.261 e. The Morgan fingerprint density at radius 2 is 2.33 bits per heavy atom. The van der Waals surface area contributed by atoms with Crippen molar-refractivity contribution in [3.63, 3.8) is 0 Å². The lowest BCUT2D eigenvalue weighted by atomic mass is 10.1. The maximum atomic E-state index is 12.4. The van der Waals surface area contributed by atoms with Gasteiger partial charge in [-0.3, -0.25) is 9.36 Å². The number of benzene rings is 1. The number of aromatic nitrogens is 2. The molecule has 1 atom stereocenters. The van der Waals surface area contributed by atoms with Crippen LogP contribution < -0.4 is 10.9 Å². The normalized spacial score (nSPS) is 20.1. The van der Waals surface area contributed by atoms with E-state index in [9.17, 15) is 9.90 Å². The van der Waals surface area contributed by atoms with Crippen LogP contribution in [0.3, 0.4) is 0 Å². The molecule has 18 heavy (non-hydrogen) atoms. The number of hydrogen-bond acceptors (Lipinski definition) is 4. The molecule has 1 saturated heterocycles. The fourth-order valence-electron chi connectivity index (χ4n) is 2.45. The fraction of sp³-hybridized carbons (Fsp3) is 0.385. The third-order valence-corrected chi connectivity index (χ3v) is 3.43. The summed E-state index contributed by atoms with van der Waals surface area (Å²) in [6.07, 6.45) is 3.66. The largest absolute Gasteiger partial charge is 0.508 e. The molecule has 1 fully saturated rings. The Hall–Kier alpha value is -1.88. The third kappa shape index (κ3) is 1.86. The van der Waals surface area contributed by atoms with Gasteiger partial charge in [0, 0.05) is 6.54 Å². The molecule has 5 nitrogen and oxygen atoms in total. The highest BCUT2D eigenvalue weighted by Crippen LogP contribution is 2.18. The summed E-state index contributed by atoms with van der Waals surface area (Å²) in [5, 5.41) is 13.2. The van der Waals surface area contributed by atoms with E-state index in [-0.39, 0.29) is 17.4 Å². The Morgan fingerprint density at radius 3 is 3.11 bits per heavy atom. The molecule has 1 aliphatic heterocycles. The van der Waals surface area contributed by atoms with E-state index in [0.29, 0.717) is 10.9 Å². The van der Waals surface area contributed by atoms with Gasteiger partial charge >= 0.3 is 0 Å². The molecule has 1 aliphatic rings. The highest BCUT2D eigenvalue weighted by molar-refractivity contribution is 5.78. The topological polar surface area (TPSA) is 67.1 Å². The standard InChI is InChI=1S/C13H15N3O2/c17-10-3-4-12-11(6-10)13(18)16(8-15-12)9-2-1-5-14-7-9/h3-4,6,8-9,14,17H,1-2,5,7H2. The second kappa shape index (κ2) is 4.42. The Labute approximate surface area is 104 Å². The molecule has 2 heterocycles. The second-order valence-corrected chi connectivity index (χ2v) is 4.66. The average Bonchev–Trinajstić information content (AvgIpc) is 2.41. The van der Waals surface area contributed by atoms with E-state index in [0.717, 1.165) is 25.9 Å². The molecule has 0 spiro atoms. The Morgan fingerprint density at radius 1 is 1.44 bits per heavy atom. The first kappa shape index (κ1) is 11.2. The van der Waals surface area contributed by atoms with E-state index in [1.807, 2.05) is 0 Å². The quantitative estimate of drug-likeness (QED) is 0.787. The van der Waals surface area contributed by atoms with Crippen LogP contribution in [0.25, 0.3) is 10.9 Å². The molecule has 3 rings (SSSR count). The van der Waals surface area contributed by atoms with Crippen LogP contribution in [-0.4, -0.2) is 27.7 Å². The van der Waals surface area contributed by atoms with Crippen molar-refractivity contribution in [3.05, 3.63) is 34.9 Å². The molecule has 94 valence electrons. The van der Waals surface area contributed by atoms with E-state index in [4.69, 9.17) is 0 Å². The molecular formula is C13H15N3O2. The van der Waals surface area contributed by atoms with Crippen LogP contribution in [0.4, 0.5) is 0 Å². The van der Waals surface area contributed by atoms with Crippen LogP contribution in [0, 0.1) is 0 Å². The number of piperidine rings is 1. The van der Waals surface area contributed by atoms with Gasteiger partial charge in [-0.2, -0.15) is 0 Å². The van der Waals surface area contributed by atoms with E-state index in [2.05, 4.69) is 10.3 Å². The minimum absolute atomic E-state index is 0.0791. The first-order valence-electron chi connectivity index (χ1n) is 6.16. The summed E-state index contributed by atoms with van der Waals surface area (Å²) in [5.41, 5.74) is 0.544. The summed E-state index contributed by atoms with van der Waals surface area (Å²) in [5.74, 6) is 0.0981. The lowest BCUT2D eigenvalue weighted by molar-refractivity contribution is 0.363. The number of nitrogens with one attached hydrogen (secondary N) is 1. The van der Waals surface area contributed by atoms with Gasteiger partial charge in [0.05, 0.1) is 23.3 Å². The highest BCUT2D eigenvalue weighted by atomic mass is 16.3. The van der Waals surface area contributed by atoms with Gasteiger partial charge in [0.2, 0.25) is 0 Å². The molecule has 5 heteroatoms. The molecule has 0 radical (unpaired) electrons. The molecule has 1 unspecified atom stereocenters. The minimum Gasteiger partial charge on any atom is -0.508 e. The zero-order valence-electron chi connectivity index (χ0n) is 9.97. The number of fused-ring (bicyclic) bond motifs is 1. The summed E-state index contributed by atoms with van der Waals surface area (Å²) in [7, 11) is 0. The predicted molar refractivity (Wildman–Crippen MR) is 68.8 cm³/mol. The molecule has 1 aromatic heterocycles. The summed E-state index contributed by atoms with van der Waals surface area (Å²) in [4.78, 5) is 16.6. The highest BCUT2D eigenvalue weighted by Gasteiger charge is 2.17. The molecule has 0 aliphatic carbocycles. The molecule has 2 aromatic rings. The fourth-order valence-corrected chi connectivity index (χ4v) is 2.45. The van der Waals surface area contributed by atoms with E-state index >= 15 is 0 Å². The molecule has 0 saturated carbocycles. The SMILES string of the molecule is O=c1c2cc(O)ccc2ncn1C1CCCNC1. The average molecular weight is 245 g/mol. The lowest BCUT2D eigenvalue weighted by Gasteiger charge is -2.24. The van der Waals surface area contributed by atoms with Crippen molar-refractivity contribution < 1.29 is 5.11 Å². The lowest BCUT2D eigenvalue weighted by Crippen LogP contribution is -2.36. The van der Waals surface area contributed by atoms with Gasteiger partial charge in [-0.1, -0.05) is 0 Å². The van der Waals surface area contributed by atoms with Crippen molar-refractivity contribution in [1.29, 1.82) is 0 Å². The van der Waals surface area contributed by atoms with Crippen molar-refractivity contribution in [2.75, 3.05) is 13.1 Å². The first-order valence-corrected chi connectivity index (χ1v) is 6.16. The van der Waals surface area contributed by atoms with Gasteiger partial charge < -0.3 is 10.4 Å². The van der Waals surface area contributed by atoms with Crippen LogP contribution in [0.2, 0.25) is 0 Å². The molecule has 2 N–H and O–H groups in total. The van der Waals surface area contributed by atoms with Gasteiger partial charge in [0.15, 0.2) is 0 Å². The number of nitrogens with zero attached hydrogens (tertiary/aromatic N) is 2. The predicted octanol–water partition coefficient (Wildman–Crippen LogP) is 1.03. The van der Waals surface area contributed by atoms with E-state index in [1.54, 1.807) is 23.0 Å². The zero-order chi connectivity index (χ0) is 12.5. The van der Waals surface area contributed by atoms with Crippen LogP contribution in [0.15, 0.2) is 29.3 Å². The molecule has 0 amide bonds. The van der Waals surface area contributed by atoms with Crippen molar-refractivity contribution in [2.24, 2.45) is 0 Å². The second-order valence-electron chi connectivity index (χ2n) is 4.66. The van der Waals surface area contributed by atoms with Crippen LogP contribution in [0.5, 0.6) is 5.75 Å². The van der Waals surface area contributed by atoms with Crippen molar-refractivity contribution in [1.82, 2.24) is 14.9 Å². The maximum absolute atomic E-state index is 12.4. The maximum Gasteiger partial charge on any atom is 0.261 e. The number of aromatic hydroxyl groups is 1. The molecule has 1 aromatic carbocycles. The molecule has 0 bridgehead atoms. The van der Waals surface area contributed by atoms with E-state index < -0.39 is 0 Å². The minimum atomic E-state index is -0.0791. The molecular weight excluding hydrogens is 230 g/mol. The first-order chi connectivity index (χ1) is 8.75. The van der Waals surface area contributed by atoms with Gasteiger partial charge in [-0.05, 0) is 37.6 Å². The van der Waals surface area contributed by atoms with Gasteiger partial charge in [-0.25, -0.2) is 4.98 Å². The van der Waals surface area contributed by atoms with Crippen LogP contribution in [0.1, 0.15) is 18.9 Å². The third-order valence-electron chi connectivity index (χ3n) is 3.43. The summed E-state index contributed by atoms with van der Waals surface area (Å²) < 4.78 is 1.67. The summed E-state index contributed by atoms with van der Waals surface area (Å²) >= 11 is 0. The number of phenols is 1. The van der Waals surface area contributed by atoms with Gasteiger partial charge in [0.25, 0.3) is 5.56 Å². The number of rotatable bonds is 1. The zero-order valence-corrected chi connectivity index (χ0v) is 9.97. The Bertz CT molecular complexity index is 630. The Balaban J connectivity index is 2.13. The monoisotopic (exact) mass is 245 g/mol. The number of hydrogen-bond donors (Lipinski definition) is 2. The Kier molecular flexibility index (Phi) is 2.76. The van der Waals surface area contributed by atoms with Crippen molar-refractivity contribution in [3.8, 4) is 5.75 Å². The van der Waals surface area contributed by atoms with Gasteiger partial charge in [0.1, 0.15) is 5.75 Å². The van der Waals surface area contributed by atoms with Gasteiger partial charge in [-0.15, -0.1) is 0 Å². The summed E-state index contributed by atoms with van der Waals surface area (Å²) in [6.45, 7) is 1.80. The van der Waals surface area contributed by atoms with E-state index in [1.165, 1.54) is 6.07 Å². The number of phenolic OH excluding ortho intramolecular Hbond substituents is 1. The van der Waals surface area contributed by atoms with Crippen LogP contribution >= 0.6 is 0 Å². The van der Waals surface area contributed by atoms with Crippen LogP contribution in [-0.2, 0) is 0 Å².